The largest absolute Gasteiger partial charge is 0.298 e. The van der Waals surface area contributed by atoms with E-state index in [1.807, 2.05) is 26.0 Å². The minimum Gasteiger partial charge on any atom is -0.298 e. The minimum atomic E-state index is -0.478. The number of nitrogens with zero attached hydrogens (tertiary/aromatic N) is 2. The smallest absolute Gasteiger partial charge is 0.269 e. The van der Waals surface area contributed by atoms with Crippen LogP contribution in [-0.4, -0.2) is 15.8 Å². The number of amides is 1. The molecule has 1 amide bonds. The van der Waals surface area contributed by atoms with Gasteiger partial charge in [-0.25, -0.2) is 4.98 Å². The van der Waals surface area contributed by atoms with E-state index in [-0.39, 0.29) is 11.6 Å². The number of aromatic nitrogens is 1. The molecule has 0 aliphatic carbocycles. The van der Waals surface area contributed by atoms with Crippen molar-refractivity contribution in [2.75, 3.05) is 5.32 Å². The molecule has 2 aromatic heterocycles. The minimum absolute atomic E-state index is 0.0329. The predicted molar refractivity (Wildman–Crippen MR) is 101 cm³/mol. The number of nitro benzene ring substituents is 1. The van der Waals surface area contributed by atoms with Gasteiger partial charge in [0.05, 0.1) is 15.5 Å². The van der Waals surface area contributed by atoms with Gasteiger partial charge in [-0.3, -0.25) is 20.2 Å². The lowest BCUT2D eigenvalue weighted by Gasteiger charge is -2.05. The first-order valence-electron chi connectivity index (χ1n) is 7.46. The van der Waals surface area contributed by atoms with Crippen molar-refractivity contribution < 1.29 is 9.72 Å². The van der Waals surface area contributed by atoms with E-state index in [0.29, 0.717) is 16.3 Å². The first kappa shape index (κ1) is 17.2. The van der Waals surface area contributed by atoms with Crippen molar-refractivity contribution >= 4 is 39.4 Å². The van der Waals surface area contributed by atoms with Crippen molar-refractivity contribution in [2.24, 2.45) is 0 Å². The molecule has 3 rings (SSSR count). The van der Waals surface area contributed by atoms with Crippen molar-refractivity contribution in [2.45, 2.75) is 20.8 Å². The van der Waals surface area contributed by atoms with Gasteiger partial charge >= 0.3 is 0 Å². The van der Waals surface area contributed by atoms with Crippen LogP contribution in [0.3, 0.4) is 0 Å². The molecule has 0 unspecified atom stereocenters. The maximum absolute atomic E-state index is 12.5. The van der Waals surface area contributed by atoms with E-state index >= 15 is 0 Å². The fraction of sp³-hybridized carbons (Fsp3) is 0.176. The summed E-state index contributed by atoms with van der Waals surface area (Å²) in [7, 11) is 0. The van der Waals surface area contributed by atoms with E-state index in [2.05, 4.69) is 10.3 Å². The molecule has 3 aromatic rings. The monoisotopic (exact) mass is 373 g/mol. The van der Waals surface area contributed by atoms with Crippen LogP contribution >= 0.6 is 22.7 Å². The van der Waals surface area contributed by atoms with Crippen LogP contribution in [0.4, 0.5) is 10.8 Å². The van der Waals surface area contributed by atoms with Crippen LogP contribution in [0.5, 0.6) is 0 Å². The maximum Gasteiger partial charge on any atom is 0.269 e. The summed E-state index contributed by atoms with van der Waals surface area (Å²) < 4.78 is 0. The molecule has 0 aliphatic heterocycles. The second-order valence-corrected chi connectivity index (χ2v) is 8.04. The number of thiophene rings is 1. The van der Waals surface area contributed by atoms with Crippen LogP contribution in [0.25, 0.3) is 10.6 Å². The average Bonchev–Trinajstić information content (AvgIpc) is 3.12. The Labute approximate surface area is 152 Å². The molecule has 0 aliphatic rings. The highest BCUT2D eigenvalue weighted by Gasteiger charge is 2.17. The second-order valence-electron chi connectivity index (χ2n) is 5.54. The molecular weight excluding hydrogens is 358 g/mol. The van der Waals surface area contributed by atoms with Gasteiger partial charge < -0.3 is 0 Å². The number of thiazole rings is 1. The van der Waals surface area contributed by atoms with Gasteiger partial charge in [0.15, 0.2) is 5.13 Å². The highest BCUT2D eigenvalue weighted by molar-refractivity contribution is 7.18. The molecule has 0 saturated heterocycles. The number of carbonyl (C=O) groups is 1. The van der Waals surface area contributed by atoms with E-state index in [4.69, 9.17) is 0 Å². The number of hydrogen-bond acceptors (Lipinski definition) is 6. The molecule has 1 N–H and O–H groups in total. The molecule has 2 heterocycles. The lowest BCUT2D eigenvalue weighted by molar-refractivity contribution is -0.384. The molecule has 0 spiro atoms. The van der Waals surface area contributed by atoms with Crippen LogP contribution in [0.2, 0.25) is 0 Å². The van der Waals surface area contributed by atoms with Crippen LogP contribution in [0, 0.1) is 30.9 Å². The number of nitro groups is 1. The molecule has 1 aromatic carbocycles. The quantitative estimate of drug-likeness (QED) is 0.517. The standard InChI is InChI=1S/C17H15N3O3S2/c1-9-8-12(20(22)23)5-6-13(9)16(21)19-17-18-15(11(3)25-17)14-7-4-10(2)24-14/h4-8H,1-3H3,(H,18,19,21). The van der Waals surface area contributed by atoms with Crippen molar-refractivity contribution in [1.82, 2.24) is 4.98 Å². The van der Waals surface area contributed by atoms with Gasteiger partial charge in [-0.05, 0) is 44.5 Å². The Morgan fingerprint density at radius 3 is 2.52 bits per heavy atom. The van der Waals surface area contributed by atoms with E-state index in [1.54, 1.807) is 18.3 Å². The summed E-state index contributed by atoms with van der Waals surface area (Å²) in [5, 5.41) is 14.1. The molecule has 128 valence electrons. The normalized spacial score (nSPS) is 10.7. The lowest BCUT2D eigenvalue weighted by atomic mass is 10.1. The summed E-state index contributed by atoms with van der Waals surface area (Å²) in [5.74, 6) is -0.324. The van der Waals surface area contributed by atoms with Crippen molar-refractivity contribution in [3.63, 3.8) is 0 Å². The summed E-state index contributed by atoms with van der Waals surface area (Å²) in [6.07, 6.45) is 0. The van der Waals surface area contributed by atoms with Gasteiger partial charge in [0.2, 0.25) is 0 Å². The van der Waals surface area contributed by atoms with Crippen LogP contribution < -0.4 is 5.32 Å². The number of carbonyl (C=O) groups excluding carboxylic acids is 1. The third-order valence-electron chi connectivity index (χ3n) is 3.66. The van der Waals surface area contributed by atoms with Gasteiger partial charge in [0.25, 0.3) is 11.6 Å². The van der Waals surface area contributed by atoms with E-state index in [9.17, 15) is 14.9 Å². The van der Waals surface area contributed by atoms with E-state index < -0.39 is 4.92 Å². The van der Waals surface area contributed by atoms with E-state index in [1.165, 1.54) is 34.4 Å². The first-order valence-corrected chi connectivity index (χ1v) is 9.09. The molecule has 0 radical (unpaired) electrons. The summed E-state index contributed by atoms with van der Waals surface area (Å²) in [6.45, 7) is 5.68. The zero-order valence-electron chi connectivity index (χ0n) is 13.8. The molecule has 0 fully saturated rings. The SMILES string of the molecule is Cc1ccc(-c2nc(NC(=O)c3ccc([N+](=O)[O-])cc3C)sc2C)s1. The Kier molecular flexibility index (Phi) is 4.65. The number of rotatable bonds is 4. The molecular formula is C17H15N3O3S2. The Bertz CT molecular complexity index is 975. The molecule has 8 heteroatoms. The van der Waals surface area contributed by atoms with E-state index in [0.717, 1.165) is 15.4 Å². The number of hydrogen-bond donors (Lipinski definition) is 1. The average molecular weight is 373 g/mol. The summed E-state index contributed by atoms with van der Waals surface area (Å²) in [4.78, 5) is 30.6. The van der Waals surface area contributed by atoms with Gasteiger partial charge in [-0.2, -0.15) is 0 Å². The lowest BCUT2D eigenvalue weighted by Crippen LogP contribution is -2.13. The Hall–Kier alpha value is -2.58. The van der Waals surface area contributed by atoms with Crippen molar-refractivity contribution in [3.8, 4) is 10.6 Å². The Morgan fingerprint density at radius 2 is 1.92 bits per heavy atom. The number of non-ortho nitro benzene ring substituents is 1. The third-order valence-corrected chi connectivity index (χ3v) is 5.55. The Balaban J connectivity index is 1.83. The van der Waals surface area contributed by atoms with Crippen LogP contribution in [0.15, 0.2) is 30.3 Å². The highest BCUT2D eigenvalue weighted by atomic mass is 32.1. The van der Waals surface area contributed by atoms with Crippen molar-refractivity contribution in [1.29, 1.82) is 0 Å². The topological polar surface area (TPSA) is 85.1 Å². The van der Waals surface area contributed by atoms with Crippen LogP contribution in [-0.2, 0) is 0 Å². The second kappa shape index (κ2) is 6.73. The van der Waals surface area contributed by atoms with Gasteiger partial charge in [0.1, 0.15) is 0 Å². The number of nitrogens with one attached hydrogen (secondary N) is 1. The third kappa shape index (κ3) is 3.59. The zero-order valence-corrected chi connectivity index (χ0v) is 15.5. The fourth-order valence-corrected chi connectivity index (χ4v) is 4.22. The first-order chi connectivity index (χ1) is 11.8. The molecule has 0 atom stereocenters. The van der Waals surface area contributed by atoms with Gasteiger partial charge in [-0.15, -0.1) is 22.7 Å². The van der Waals surface area contributed by atoms with Crippen molar-refractivity contribution in [3.05, 3.63) is 61.3 Å². The Morgan fingerprint density at radius 1 is 1.16 bits per heavy atom. The summed E-state index contributed by atoms with van der Waals surface area (Å²) in [6, 6.07) is 8.24. The maximum atomic E-state index is 12.5. The molecule has 0 bridgehead atoms. The highest BCUT2D eigenvalue weighted by Crippen LogP contribution is 2.34. The van der Waals surface area contributed by atoms with Crippen LogP contribution in [0.1, 0.15) is 25.7 Å². The van der Waals surface area contributed by atoms with Gasteiger partial charge in [0, 0.05) is 27.5 Å². The fourth-order valence-electron chi connectivity index (χ4n) is 2.42. The number of anilines is 1. The zero-order chi connectivity index (χ0) is 18.1. The summed E-state index contributed by atoms with van der Waals surface area (Å²) >= 11 is 3.07. The molecule has 6 nitrogen and oxygen atoms in total. The summed E-state index contributed by atoms with van der Waals surface area (Å²) in [5.41, 5.74) is 1.79. The predicted octanol–water partition coefficient (Wildman–Crippen LogP) is 4.96. The number of benzene rings is 1. The molecule has 0 saturated carbocycles. The number of aryl methyl sites for hydroxylation is 3. The van der Waals surface area contributed by atoms with Gasteiger partial charge in [-0.1, -0.05) is 0 Å². The molecule has 25 heavy (non-hydrogen) atoms.